The quantitative estimate of drug-likeness (QED) is 0.684. The van der Waals surface area contributed by atoms with Gasteiger partial charge >= 0.3 is 0 Å². The number of ether oxygens (including phenoxy) is 1. The van der Waals surface area contributed by atoms with Crippen LogP contribution in [0.15, 0.2) is 59.1 Å². The monoisotopic (exact) mass is 350 g/mol. The van der Waals surface area contributed by atoms with E-state index in [0.717, 1.165) is 34.0 Å². The SMILES string of the molecule is Cc1noc(C)c1CCC(=O)Nc1ccc(OCc2ccccc2)cc1. The maximum atomic E-state index is 12.1. The Balaban J connectivity index is 1.48. The van der Waals surface area contributed by atoms with Gasteiger partial charge in [-0.15, -0.1) is 0 Å². The van der Waals surface area contributed by atoms with Crippen molar-refractivity contribution in [1.82, 2.24) is 5.16 Å². The summed E-state index contributed by atoms with van der Waals surface area (Å²) in [7, 11) is 0. The van der Waals surface area contributed by atoms with Crippen molar-refractivity contribution in [3.05, 3.63) is 77.2 Å². The van der Waals surface area contributed by atoms with Crippen molar-refractivity contribution in [2.75, 3.05) is 5.32 Å². The van der Waals surface area contributed by atoms with Crippen molar-refractivity contribution in [1.29, 1.82) is 0 Å². The first-order chi connectivity index (χ1) is 12.6. The Kier molecular flexibility index (Phi) is 5.69. The zero-order chi connectivity index (χ0) is 18.4. The maximum absolute atomic E-state index is 12.1. The molecule has 0 saturated heterocycles. The van der Waals surface area contributed by atoms with E-state index in [2.05, 4.69) is 10.5 Å². The van der Waals surface area contributed by atoms with E-state index in [4.69, 9.17) is 9.26 Å². The number of anilines is 1. The molecule has 0 bridgehead atoms. The number of carbonyl (C=O) groups is 1. The molecular weight excluding hydrogens is 328 g/mol. The summed E-state index contributed by atoms with van der Waals surface area (Å²) >= 11 is 0. The van der Waals surface area contributed by atoms with E-state index in [1.165, 1.54) is 0 Å². The summed E-state index contributed by atoms with van der Waals surface area (Å²) in [6.45, 7) is 4.27. The molecule has 1 aromatic heterocycles. The Morgan fingerprint density at radius 3 is 2.46 bits per heavy atom. The van der Waals surface area contributed by atoms with Crippen LogP contribution >= 0.6 is 0 Å². The predicted octanol–water partition coefficient (Wildman–Crippen LogP) is 4.44. The average molecular weight is 350 g/mol. The summed E-state index contributed by atoms with van der Waals surface area (Å²) in [4.78, 5) is 12.1. The second-order valence-corrected chi connectivity index (χ2v) is 6.15. The van der Waals surface area contributed by atoms with Gasteiger partial charge in [-0.1, -0.05) is 35.5 Å². The average Bonchev–Trinajstić information content (AvgIpc) is 2.98. The van der Waals surface area contributed by atoms with Gasteiger partial charge < -0.3 is 14.6 Å². The van der Waals surface area contributed by atoms with Crippen LogP contribution in [0.4, 0.5) is 5.69 Å². The summed E-state index contributed by atoms with van der Waals surface area (Å²) in [5, 5.41) is 6.81. The molecule has 0 fully saturated rings. The molecule has 1 heterocycles. The Morgan fingerprint density at radius 2 is 1.81 bits per heavy atom. The molecule has 0 aliphatic heterocycles. The van der Waals surface area contributed by atoms with Crippen LogP contribution in [0, 0.1) is 13.8 Å². The van der Waals surface area contributed by atoms with Crippen molar-refractivity contribution < 1.29 is 14.1 Å². The standard InChI is InChI=1S/C21H22N2O3/c1-15-20(16(2)26-23-15)12-13-21(24)22-18-8-10-19(11-9-18)25-14-17-6-4-3-5-7-17/h3-11H,12-14H2,1-2H3,(H,22,24). The highest BCUT2D eigenvalue weighted by Crippen LogP contribution is 2.18. The fourth-order valence-electron chi connectivity index (χ4n) is 2.70. The topological polar surface area (TPSA) is 64.4 Å². The first-order valence-corrected chi connectivity index (χ1v) is 8.60. The summed E-state index contributed by atoms with van der Waals surface area (Å²) in [5.74, 6) is 1.50. The van der Waals surface area contributed by atoms with E-state index >= 15 is 0 Å². The van der Waals surface area contributed by atoms with Gasteiger partial charge in [-0.3, -0.25) is 4.79 Å². The third-order valence-electron chi connectivity index (χ3n) is 4.17. The molecule has 3 aromatic rings. The number of benzene rings is 2. The van der Waals surface area contributed by atoms with Crippen LogP contribution in [0.2, 0.25) is 0 Å². The zero-order valence-electron chi connectivity index (χ0n) is 15.0. The van der Waals surface area contributed by atoms with Crippen molar-refractivity contribution >= 4 is 11.6 Å². The van der Waals surface area contributed by atoms with Crippen LogP contribution in [0.1, 0.15) is 29.0 Å². The summed E-state index contributed by atoms with van der Waals surface area (Å²) in [6, 6.07) is 17.4. The molecule has 1 amide bonds. The van der Waals surface area contributed by atoms with Gasteiger partial charge in [0.05, 0.1) is 5.69 Å². The summed E-state index contributed by atoms with van der Waals surface area (Å²) in [6.07, 6.45) is 1.00. The minimum atomic E-state index is -0.0389. The number of nitrogens with one attached hydrogen (secondary N) is 1. The molecule has 26 heavy (non-hydrogen) atoms. The minimum absolute atomic E-state index is 0.0389. The number of amides is 1. The molecule has 3 rings (SSSR count). The van der Waals surface area contributed by atoms with E-state index in [1.54, 1.807) is 0 Å². The maximum Gasteiger partial charge on any atom is 0.224 e. The van der Waals surface area contributed by atoms with E-state index in [9.17, 15) is 4.79 Å². The molecule has 0 saturated carbocycles. The summed E-state index contributed by atoms with van der Waals surface area (Å²) < 4.78 is 10.9. The van der Waals surface area contributed by atoms with E-state index < -0.39 is 0 Å². The lowest BCUT2D eigenvalue weighted by Crippen LogP contribution is -2.12. The Morgan fingerprint density at radius 1 is 1.08 bits per heavy atom. The molecule has 0 unspecified atom stereocenters. The largest absolute Gasteiger partial charge is 0.489 e. The lowest BCUT2D eigenvalue weighted by atomic mass is 10.1. The number of rotatable bonds is 7. The molecule has 0 spiro atoms. The van der Waals surface area contributed by atoms with Crippen molar-refractivity contribution in [2.24, 2.45) is 0 Å². The molecule has 0 radical (unpaired) electrons. The number of nitrogens with zero attached hydrogens (tertiary/aromatic N) is 1. The van der Waals surface area contributed by atoms with Crippen LogP contribution < -0.4 is 10.1 Å². The molecule has 0 aliphatic carbocycles. The smallest absolute Gasteiger partial charge is 0.224 e. The van der Waals surface area contributed by atoms with Crippen LogP contribution in [0.3, 0.4) is 0 Å². The van der Waals surface area contributed by atoms with Gasteiger partial charge in [-0.05, 0) is 50.1 Å². The van der Waals surface area contributed by atoms with E-state index in [-0.39, 0.29) is 5.91 Å². The molecule has 5 heteroatoms. The van der Waals surface area contributed by atoms with Crippen molar-refractivity contribution in [3.63, 3.8) is 0 Å². The Bertz CT molecular complexity index is 835. The first-order valence-electron chi connectivity index (χ1n) is 8.60. The van der Waals surface area contributed by atoms with Crippen molar-refractivity contribution in [2.45, 2.75) is 33.3 Å². The number of aromatic nitrogens is 1. The highest BCUT2D eigenvalue weighted by molar-refractivity contribution is 5.90. The van der Waals surface area contributed by atoms with Gasteiger partial charge in [0.15, 0.2) is 0 Å². The number of hydrogen-bond donors (Lipinski definition) is 1. The Hall–Kier alpha value is -3.08. The third kappa shape index (κ3) is 4.72. The molecule has 0 atom stereocenters. The fraction of sp³-hybridized carbons (Fsp3) is 0.238. The molecular formula is C21H22N2O3. The lowest BCUT2D eigenvalue weighted by molar-refractivity contribution is -0.116. The van der Waals surface area contributed by atoms with Gasteiger partial charge in [-0.25, -0.2) is 0 Å². The van der Waals surface area contributed by atoms with Gasteiger partial charge in [0.25, 0.3) is 0 Å². The van der Waals surface area contributed by atoms with Gasteiger partial charge in [0, 0.05) is 17.7 Å². The van der Waals surface area contributed by atoms with Gasteiger partial charge in [0.2, 0.25) is 5.91 Å². The van der Waals surface area contributed by atoms with E-state index in [1.807, 2.05) is 68.4 Å². The molecule has 0 aliphatic rings. The minimum Gasteiger partial charge on any atom is -0.489 e. The number of hydrogen-bond acceptors (Lipinski definition) is 4. The van der Waals surface area contributed by atoms with Crippen LogP contribution in [0.25, 0.3) is 0 Å². The van der Waals surface area contributed by atoms with Gasteiger partial charge in [0.1, 0.15) is 18.1 Å². The third-order valence-corrected chi connectivity index (χ3v) is 4.17. The molecule has 5 nitrogen and oxygen atoms in total. The first kappa shape index (κ1) is 17.7. The second kappa shape index (κ2) is 8.34. The number of aryl methyl sites for hydroxylation is 2. The van der Waals surface area contributed by atoms with Crippen LogP contribution in [0.5, 0.6) is 5.75 Å². The highest BCUT2D eigenvalue weighted by Gasteiger charge is 2.11. The highest BCUT2D eigenvalue weighted by atomic mass is 16.5. The predicted molar refractivity (Wildman–Crippen MR) is 100 cm³/mol. The molecule has 1 N–H and O–H groups in total. The van der Waals surface area contributed by atoms with Gasteiger partial charge in [-0.2, -0.15) is 0 Å². The lowest BCUT2D eigenvalue weighted by Gasteiger charge is -2.08. The molecule has 134 valence electrons. The molecule has 2 aromatic carbocycles. The fourth-order valence-corrected chi connectivity index (χ4v) is 2.70. The Labute approximate surface area is 153 Å². The second-order valence-electron chi connectivity index (χ2n) is 6.15. The van der Waals surface area contributed by atoms with E-state index in [0.29, 0.717) is 19.4 Å². The number of carbonyl (C=O) groups excluding carboxylic acids is 1. The van der Waals surface area contributed by atoms with Crippen LogP contribution in [-0.2, 0) is 17.8 Å². The zero-order valence-corrected chi connectivity index (χ0v) is 15.0. The normalized spacial score (nSPS) is 10.5. The van der Waals surface area contributed by atoms with Crippen molar-refractivity contribution in [3.8, 4) is 5.75 Å². The summed E-state index contributed by atoms with van der Waals surface area (Å²) in [5.41, 5.74) is 3.71. The van der Waals surface area contributed by atoms with Crippen LogP contribution in [-0.4, -0.2) is 11.1 Å².